The van der Waals surface area contributed by atoms with Crippen molar-refractivity contribution in [3.05, 3.63) is 95.8 Å². The third-order valence-electron chi connectivity index (χ3n) is 10.0. The fourth-order valence-corrected chi connectivity index (χ4v) is 8.12. The summed E-state index contributed by atoms with van der Waals surface area (Å²) in [4.78, 5) is 14.1. The summed E-state index contributed by atoms with van der Waals surface area (Å²) in [6.07, 6.45) is 9.47. The van der Waals surface area contributed by atoms with Crippen LogP contribution in [0.1, 0.15) is 61.6 Å². The van der Waals surface area contributed by atoms with Gasteiger partial charge in [-0.2, -0.15) is 0 Å². The van der Waals surface area contributed by atoms with E-state index in [4.69, 9.17) is 4.98 Å². The van der Waals surface area contributed by atoms with E-state index in [0.29, 0.717) is 23.5 Å². The maximum Gasteiger partial charge on any atom is 0.115 e. The first-order valence-electron chi connectivity index (χ1n) is 13.9. The van der Waals surface area contributed by atoms with Crippen LogP contribution in [0.5, 0.6) is 5.75 Å². The number of aromatic hydroxyl groups is 1. The smallest absolute Gasteiger partial charge is 0.115 e. The molecule has 0 spiro atoms. The van der Waals surface area contributed by atoms with E-state index in [9.17, 15) is 10.2 Å². The van der Waals surface area contributed by atoms with E-state index in [1.807, 2.05) is 48.5 Å². The zero-order valence-electron chi connectivity index (χ0n) is 21.7. The zero-order valence-corrected chi connectivity index (χ0v) is 21.7. The Hall–Kier alpha value is -3.57. The average molecular weight is 504 g/mol. The number of aromatic nitrogens is 3. The first-order valence-corrected chi connectivity index (χ1v) is 13.9. The molecule has 0 saturated heterocycles. The van der Waals surface area contributed by atoms with Crippen molar-refractivity contribution in [2.24, 2.45) is 17.3 Å². The Morgan fingerprint density at radius 1 is 0.789 bits per heavy atom. The van der Waals surface area contributed by atoms with Gasteiger partial charge in [0, 0.05) is 17.8 Å². The number of pyridine rings is 3. The van der Waals surface area contributed by atoms with Crippen LogP contribution in [-0.2, 0) is 12.0 Å². The lowest BCUT2D eigenvalue weighted by atomic mass is 9.52. The van der Waals surface area contributed by atoms with Crippen LogP contribution in [0.4, 0.5) is 0 Å². The Morgan fingerprint density at radius 3 is 2.16 bits per heavy atom. The number of hydrogen-bond donors (Lipinski definition) is 2. The minimum atomic E-state index is -0.951. The summed E-state index contributed by atoms with van der Waals surface area (Å²) >= 11 is 0. The summed E-state index contributed by atoms with van der Waals surface area (Å²) < 4.78 is 0. The molecule has 0 amide bonds. The van der Waals surface area contributed by atoms with Gasteiger partial charge in [0.05, 0.1) is 28.4 Å². The fourth-order valence-electron chi connectivity index (χ4n) is 8.12. The summed E-state index contributed by atoms with van der Waals surface area (Å²) in [6.45, 7) is 2.33. The summed E-state index contributed by atoms with van der Waals surface area (Å²) in [5.41, 5.74) is 5.59. The number of aryl methyl sites for hydroxylation is 1. The monoisotopic (exact) mass is 503 g/mol. The summed E-state index contributed by atoms with van der Waals surface area (Å²) in [6, 6.07) is 21.8. The molecule has 0 radical (unpaired) electrons. The van der Waals surface area contributed by atoms with Crippen LogP contribution in [0.15, 0.2) is 79.1 Å². The molecule has 3 aromatic heterocycles. The van der Waals surface area contributed by atoms with Crippen LogP contribution in [0, 0.1) is 17.3 Å². The summed E-state index contributed by atoms with van der Waals surface area (Å²) in [5, 5.41) is 22.7. The van der Waals surface area contributed by atoms with Gasteiger partial charge in [-0.1, -0.05) is 25.1 Å². The van der Waals surface area contributed by atoms with Crippen LogP contribution in [0.2, 0.25) is 0 Å². The number of aliphatic hydroxyl groups is 1. The third kappa shape index (κ3) is 3.52. The van der Waals surface area contributed by atoms with E-state index in [0.717, 1.165) is 66.9 Å². The van der Waals surface area contributed by atoms with Crippen molar-refractivity contribution in [2.45, 2.75) is 57.0 Å². The van der Waals surface area contributed by atoms with E-state index in [-0.39, 0.29) is 5.41 Å². The molecule has 0 aliphatic heterocycles. The molecule has 0 unspecified atom stereocenters. The van der Waals surface area contributed by atoms with Crippen molar-refractivity contribution in [1.29, 1.82) is 0 Å². The van der Waals surface area contributed by atoms with Crippen LogP contribution in [0.25, 0.3) is 22.8 Å². The molecule has 0 bridgehead atoms. The molecule has 2 saturated carbocycles. The van der Waals surface area contributed by atoms with Crippen LogP contribution in [-0.4, -0.2) is 25.2 Å². The highest BCUT2D eigenvalue weighted by Gasteiger charge is 2.62. The minimum Gasteiger partial charge on any atom is -0.508 e. The average Bonchev–Trinajstić information content (AvgIpc) is 3.25. The molecule has 5 nitrogen and oxygen atoms in total. The number of benzene rings is 1. The summed E-state index contributed by atoms with van der Waals surface area (Å²) in [5.74, 6) is 1.86. The van der Waals surface area contributed by atoms with Crippen LogP contribution >= 0.6 is 0 Å². The number of phenolic OH excluding ortho intramolecular Hbond substituents is 1. The molecule has 3 aliphatic carbocycles. The molecule has 2 fully saturated rings. The lowest BCUT2D eigenvalue weighted by molar-refractivity contribution is -0.108. The van der Waals surface area contributed by atoms with Crippen molar-refractivity contribution in [3.63, 3.8) is 0 Å². The molecular formula is C33H33N3O2. The Balaban J connectivity index is 1.31. The Labute approximate surface area is 223 Å². The second-order valence-corrected chi connectivity index (χ2v) is 11.7. The maximum absolute atomic E-state index is 12.7. The molecule has 5 heteroatoms. The van der Waals surface area contributed by atoms with Gasteiger partial charge in [-0.3, -0.25) is 9.97 Å². The quantitative estimate of drug-likeness (QED) is 0.327. The van der Waals surface area contributed by atoms with Crippen molar-refractivity contribution in [1.82, 2.24) is 15.0 Å². The van der Waals surface area contributed by atoms with Gasteiger partial charge < -0.3 is 10.2 Å². The highest BCUT2D eigenvalue weighted by Crippen LogP contribution is 2.67. The van der Waals surface area contributed by atoms with Crippen LogP contribution in [0.3, 0.4) is 0 Å². The molecule has 3 aliphatic rings. The normalized spacial score (nSPS) is 29.8. The van der Waals surface area contributed by atoms with Gasteiger partial charge >= 0.3 is 0 Å². The molecule has 1 aromatic carbocycles. The van der Waals surface area contributed by atoms with Gasteiger partial charge in [0.2, 0.25) is 0 Å². The highest BCUT2D eigenvalue weighted by molar-refractivity contribution is 5.64. The number of nitrogens with zero attached hydrogens (tertiary/aromatic N) is 3. The predicted molar refractivity (Wildman–Crippen MR) is 147 cm³/mol. The standard InChI is InChI=1S/C33H33N3O2/c1-32-14-12-25-24-11-9-23(37)18-21(24)8-10-26(25)27(32)13-15-33(32,38)22-19-30(28-6-2-4-16-34-28)36-31(20-22)29-7-3-5-17-35-29/h2-7,9,11,16-20,25-27,37-38H,8,10,12-15H2,1H3/t25-,26-,27+,32+,33-/m1/s1. The first-order chi connectivity index (χ1) is 18.5. The van der Waals surface area contributed by atoms with E-state index < -0.39 is 5.60 Å². The Kier molecular flexibility index (Phi) is 5.41. The molecule has 192 valence electrons. The highest BCUT2D eigenvalue weighted by atomic mass is 16.3. The predicted octanol–water partition coefficient (Wildman–Crippen LogP) is 6.66. The minimum absolute atomic E-state index is 0.229. The SMILES string of the molecule is C[C@]12CC[C@@H]3c4ccc(O)cc4CC[C@H]3[C@@H]1CC[C@@]2(O)c1cc(-c2ccccn2)nc(-c2ccccn2)c1. The molecule has 38 heavy (non-hydrogen) atoms. The van der Waals surface area contributed by atoms with Crippen molar-refractivity contribution < 1.29 is 10.2 Å². The summed E-state index contributed by atoms with van der Waals surface area (Å²) in [7, 11) is 0. The van der Waals surface area contributed by atoms with Gasteiger partial charge in [0.25, 0.3) is 0 Å². The van der Waals surface area contributed by atoms with Crippen molar-refractivity contribution in [3.8, 4) is 28.5 Å². The van der Waals surface area contributed by atoms with Crippen molar-refractivity contribution >= 4 is 0 Å². The molecule has 4 aromatic rings. The van der Waals surface area contributed by atoms with Gasteiger partial charge in [0.1, 0.15) is 5.75 Å². The zero-order chi connectivity index (χ0) is 25.9. The number of rotatable bonds is 3. The van der Waals surface area contributed by atoms with E-state index in [1.54, 1.807) is 12.4 Å². The van der Waals surface area contributed by atoms with E-state index >= 15 is 0 Å². The molecular weight excluding hydrogens is 470 g/mol. The number of phenols is 1. The fraction of sp³-hybridized carbons (Fsp3) is 0.364. The second kappa shape index (κ2) is 8.74. The lowest BCUT2D eigenvalue weighted by Crippen LogP contribution is -2.49. The second-order valence-electron chi connectivity index (χ2n) is 11.7. The number of hydrogen-bond acceptors (Lipinski definition) is 5. The Bertz CT molecular complexity index is 1430. The topological polar surface area (TPSA) is 79.1 Å². The van der Waals surface area contributed by atoms with E-state index in [1.165, 1.54) is 11.1 Å². The van der Waals surface area contributed by atoms with Gasteiger partial charge in [-0.15, -0.1) is 0 Å². The van der Waals surface area contributed by atoms with Gasteiger partial charge in [0.15, 0.2) is 0 Å². The molecule has 7 rings (SSSR count). The van der Waals surface area contributed by atoms with Crippen molar-refractivity contribution in [2.75, 3.05) is 0 Å². The van der Waals surface area contributed by atoms with Gasteiger partial charge in [-0.25, -0.2) is 4.98 Å². The molecule has 5 atom stereocenters. The Morgan fingerprint density at radius 2 is 1.50 bits per heavy atom. The molecule has 3 heterocycles. The van der Waals surface area contributed by atoms with Crippen LogP contribution < -0.4 is 0 Å². The van der Waals surface area contributed by atoms with Gasteiger partial charge in [-0.05, 0) is 121 Å². The lowest BCUT2D eigenvalue weighted by Gasteiger charge is -2.53. The van der Waals surface area contributed by atoms with E-state index in [2.05, 4.69) is 35.1 Å². The first kappa shape index (κ1) is 23.5. The maximum atomic E-state index is 12.7. The number of fused-ring (bicyclic) bond motifs is 5. The largest absolute Gasteiger partial charge is 0.508 e. The third-order valence-corrected chi connectivity index (χ3v) is 10.0. The molecule has 2 N–H and O–H groups in total.